The standard InChI is InChI=1S/C14H22N2O2S2/c1-15-7-10-6-14(19-9-10)20(17,18)16-8-13(11-2-3-11)12-4-5-12/h6,9,11-13,15-16H,2-5,7-8H2,1H3. The van der Waals surface area contributed by atoms with Gasteiger partial charge < -0.3 is 5.32 Å². The van der Waals surface area contributed by atoms with Crippen molar-refractivity contribution in [3.05, 3.63) is 17.0 Å². The van der Waals surface area contributed by atoms with Crippen LogP contribution >= 0.6 is 11.3 Å². The summed E-state index contributed by atoms with van der Waals surface area (Å²) in [6, 6.07) is 1.77. The predicted octanol–water partition coefficient (Wildman–Crippen LogP) is 2.18. The second-order valence-corrected chi connectivity index (χ2v) is 8.90. The summed E-state index contributed by atoms with van der Waals surface area (Å²) >= 11 is 1.31. The van der Waals surface area contributed by atoms with Gasteiger partial charge in [-0.05, 0) is 67.5 Å². The lowest BCUT2D eigenvalue weighted by atomic mass is 9.99. The van der Waals surface area contributed by atoms with E-state index in [-0.39, 0.29) is 0 Å². The van der Waals surface area contributed by atoms with Gasteiger partial charge in [0.05, 0.1) is 0 Å². The highest BCUT2D eigenvalue weighted by atomic mass is 32.2. The first-order valence-electron chi connectivity index (χ1n) is 7.32. The van der Waals surface area contributed by atoms with Crippen LogP contribution in [0.4, 0.5) is 0 Å². The zero-order valence-electron chi connectivity index (χ0n) is 11.8. The zero-order chi connectivity index (χ0) is 14.2. The minimum absolute atomic E-state index is 0.438. The van der Waals surface area contributed by atoms with E-state index >= 15 is 0 Å². The normalized spacial score (nSPS) is 19.7. The van der Waals surface area contributed by atoms with E-state index in [4.69, 9.17) is 0 Å². The maximum absolute atomic E-state index is 12.3. The van der Waals surface area contributed by atoms with E-state index in [0.29, 0.717) is 23.2 Å². The summed E-state index contributed by atoms with van der Waals surface area (Å²) in [6.07, 6.45) is 5.14. The molecular formula is C14H22N2O2S2. The van der Waals surface area contributed by atoms with Crippen molar-refractivity contribution >= 4 is 21.4 Å². The number of rotatable bonds is 8. The third kappa shape index (κ3) is 3.42. The number of hydrogen-bond donors (Lipinski definition) is 2. The molecule has 2 N–H and O–H groups in total. The molecule has 0 aliphatic heterocycles. The molecule has 1 aromatic heterocycles. The Balaban J connectivity index is 1.61. The van der Waals surface area contributed by atoms with Crippen molar-refractivity contribution in [1.82, 2.24) is 10.0 Å². The molecule has 2 fully saturated rings. The first kappa shape index (κ1) is 14.5. The van der Waals surface area contributed by atoms with Crippen LogP contribution in [0.2, 0.25) is 0 Å². The SMILES string of the molecule is CNCc1csc(S(=O)(=O)NCC(C2CC2)C2CC2)c1. The van der Waals surface area contributed by atoms with Crippen molar-refractivity contribution in [1.29, 1.82) is 0 Å². The van der Waals surface area contributed by atoms with Crippen molar-refractivity contribution in [2.24, 2.45) is 17.8 Å². The van der Waals surface area contributed by atoms with Crippen molar-refractivity contribution in [2.45, 2.75) is 36.4 Å². The largest absolute Gasteiger partial charge is 0.316 e. The van der Waals surface area contributed by atoms with E-state index in [1.54, 1.807) is 6.07 Å². The minimum atomic E-state index is -3.32. The van der Waals surface area contributed by atoms with Crippen LogP contribution in [0.15, 0.2) is 15.7 Å². The van der Waals surface area contributed by atoms with Crippen LogP contribution in [0.5, 0.6) is 0 Å². The van der Waals surface area contributed by atoms with Gasteiger partial charge in [-0.25, -0.2) is 13.1 Å². The lowest BCUT2D eigenvalue weighted by molar-refractivity contribution is 0.402. The molecule has 0 saturated heterocycles. The Hall–Kier alpha value is -0.430. The average Bonchev–Trinajstić information content (AvgIpc) is 3.32. The van der Waals surface area contributed by atoms with E-state index in [2.05, 4.69) is 10.0 Å². The van der Waals surface area contributed by atoms with Gasteiger partial charge in [-0.1, -0.05) is 0 Å². The Bertz CT molecular complexity index is 547. The van der Waals surface area contributed by atoms with E-state index in [0.717, 1.165) is 17.4 Å². The molecule has 1 heterocycles. The molecular weight excluding hydrogens is 292 g/mol. The predicted molar refractivity (Wildman–Crippen MR) is 81.2 cm³/mol. The van der Waals surface area contributed by atoms with Gasteiger partial charge in [0.15, 0.2) is 0 Å². The summed E-state index contributed by atoms with van der Waals surface area (Å²) < 4.78 is 27.9. The van der Waals surface area contributed by atoms with Gasteiger partial charge in [-0.2, -0.15) is 0 Å². The smallest absolute Gasteiger partial charge is 0.250 e. The second-order valence-electron chi connectivity index (χ2n) is 5.99. The fourth-order valence-electron chi connectivity index (χ4n) is 2.83. The van der Waals surface area contributed by atoms with Gasteiger partial charge in [0.25, 0.3) is 0 Å². The van der Waals surface area contributed by atoms with Gasteiger partial charge in [-0.3, -0.25) is 0 Å². The Morgan fingerprint density at radius 3 is 2.50 bits per heavy atom. The Morgan fingerprint density at radius 2 is 1.95 bits per heavy atom. The quantitative estimate of drug-likeness (QED) is 0.773. The van der Waals surface area contributed by atoms with Crippen molar-refractivity contribution in [3.63, 3.8) is 0 Å². The van der Waals surface area contributed by atoms with Crippen LogP contribution in [0.25, 0.3) is 0 Å². The van der Waals surface area contributed by atoms with Gasteiger partial charge in [0, 0.05) is 13.1 Å². The fraction of sp³-hybridized carbons (Fsp3) is 0.714. The highest BCUT2D eigenvalue weighted by Crippen LogP contribution is 2.48. The van der Waals surface area contributed by atoms with Gasteiger partial charge in [0.2, 0.25) is 10.0 Å². The molecule has 0 unspecified atom stereocenters. The number of thiophene rings is 1. The monoisotopic (exact) mass is 314 g/mol. The van der Waals surface area contributed by atoms with Crippen LogP contribution < -0.4 is 10.0 Å². The topological polar surface area (TPSA) is 58.2 Å². The van der Waals surface area contributed by atoms with Crippen LogP contribution in [0.3, 0.4) is 0 Å². The summed E-state index contributed by atoms with van der Waals surface area (Å²) in [5.74, 6) is 2.11. The Morgan fingerprint density at radius 1 is 1.30 bits per heavy atom. The number of sulfonamides is 1. The molecule has 2 aliphatic carbocycles. The molecule has 0 atom stereocenters. The van der Waals surface area contributed by atoms with Crippen LogP contribution in [0, 0.1) is 17.8 Å². The summed E-state index contributed by atoms with van der Waals surface area (Å²) in [5.41, 5.74) is 1.03. The maximum Gasteiger partial charge on any atom is 0.250 e. The van der Waals surface area contributed by atoms with Gasteiger partial charge in [0.1, 0.15) is 4.21 Å². The molecule has 2 saturated carbocycles. The Kier molecular flexibility index (Phi) is 4.17. The molecule has 20 heavy (non-hydrogen) atoms. The molecule has 0 bridgehead atoms. The zero-order valence-corrected chi connectivity index (χ0v) is 13.4. The lowest BCUT2D eigenvalue weighted by Crippen LogP contribution is -2.30. The highest BCUT2D eigenvalue weighted by Gasteiger charge is 2.41. The summed E-state index contributed by atoms with van der Waals surface area (Å²) in [7, 11) is -1.46. The lowest BCUT2D eigenvalue weighted by Gasteiger charge is -2.15. The average molecular weight is 314 g/mol. The molecule has 0 spiro atoms. The molecule has 1 aromatic rings. The van der Waals surface area contributed by atoms with Crippen LogP contribution in [-0.4, -0.2) is 22.0 Å². The summed E-state index contributed by atoms with van der Waals surface area (Å²) in [6.45, 7) is 1.33. The molecule has 0 amide bonds. The van der Waals surface area contributed by atoms with E-state index in [9.17, 15) is 8.42 Å². The third-order valence-corrected chi connectivity index (χ3v) is 7.15. The number of nitrogens with one attached hydrogen (secondary N) is 2. The van der Waals surface area contributed by atoms with Crippen LogP contribution in [0.1, 0.15) is 31.2 Å². The molecule has 4 nitrogen and oxygen atoms in total. The first-order valence-corrected chi connectivity index (χ1v) is 9.68. The summed E-state index contributed by atoms with van der Waals surface area (Å²) in [5, 5.41) is 4.94. The Labute approximate surface area is 125 Å². The molecule has 0 radical (unpaired) electrons. The highest BCUT2D eigenvalue weighted by molar-refractivity contribution is 7.91. The third-order valence-electron chi connectivity index (χ3n) is 4.24. The molecule has 0 aromatic carbocycles. The number of hydrogen-bond acceptors (Lipinski definition) is 4. The molecule has 2 aliphatic rings. The van der Waals surface area contributed by atoms with E-state index in [1.807, 2.05) is 12.4 Å². The van der Waals surface area contributed by atoms with Crippen molar-refractivity contribution < 1.29 is 8.42 Å². The van der Waals surface area contributed by atoms with Gasteiger partial charge >= 0.3 is 0 Å². The fourth-order valence-corrected chi connectivity index (χ4v) is 5.16. The summed E-state index contributed by atoms with van der Waals surface area (Å²) in [4.78, 5) is 0. The molecule has 6 heteroatoms. The minimum Gasteiger partial charge on any atom is -0.316 e. The van der Waals surface area contributed by atoms with E-state index < -0.39 is 10.0 Å². The van der Waals surface area contributed by atoms with Crippen molar-refractivity contribution in [3.8, 4) is 0 Å². The van der Waals surface area contributed by atoms with Crippen LogP contribution in [-0.2, 0) is 16.6 Å². The van der Waals surface area contributed by atoms with Gasteiger partial charge in [-0.15, -0.1) is 11.3 Å². The second kappa shape index (κ2) is 5.75. The first-order chi connectivity index (χ1) is 9.60. The molecule has 3 rings (SSSR count). The van der Waals surface area contributed by atoms with Crippen molar-refractivity contribution in [2.75, 3.05) is 13.6 Å². The van der Waals surface area contributed by atoms with E-state index in [1.165, 1.54) is 37.0 Å². The molecule has 112 valence electrons. The maximum atomic E-state index is 12.3.